The van der Waals surface area contributed by atoms with Gasteiger partial charge in [-0.25, -0.2) is 0 Å². The minimum atomic E-state index is -0.790. The lowest BCUT2D eigenvalue weighted by Crippen LogP contribution is -2.46. The highest BCUT2D eigenvalue weighted by Crippen LogP contribution is 2.18. The van der Waals surface area contributed by atoms with E-state index in [0.29, 0.717) is 19.3 Å². The highest BCUT2D eigenvalue weighted by molar-refractivity contribution is 5.77. The summed E-state index contributed by atoms with van der Waals surface area (Å²) in [6, 6.07) is -0.705. The first-order chi connectivity index (χ1) is 29.5. The number of carbonyl (C=O) groups is 2. The van der Waals surface area contributed by atoms with Crippen LogP contribution in [0.4, 0.5) is 0 Å². The number of aliphatic hydroxyl groups excluding tert-OH is 2. The molecule has 0 aromatic carbocycles. The van der Waals surface area contributed by atoms with Gasteiger partial charge in [-0.2, -0.15) is 0 Å². The third-order valence-corrected chi connectivity index (χ3v) is 12.3. The Labute approximate surface area is 373 Å². The molecule has 0 aliphatic carbocycles. The van der Waals surface area contributed by atoms with Crippen LogP contribution in [-0.4, -0.2) is 46.9 Å². The van der Waals surface area contributed by atoms with E-state index in [4.69, 9.17) is 4.74 Å². The fourth-order valence-electron chi connectivity index (χ4n) is 8.25. The van der Waals surface area contributed by atoms with Gasteiger partial charge in [-0.05, 0) is 51.4 Å². The lowest BCUT2D eigenvalue weighted by atomic mass is 10.0. The lowest BCUT2D eigenvalue weighted by Gasteiger charge is -2.24. The van der Waals surface area contributed by atoms with Crippen LogP contribution in [0.3, 0.4) is 0 Å². The largest absolute Gasteiger partial charge is 0.462 e. The van der Waals surface area contributed by atoms with E-state index in [1.165, 1.54) is 167 Å². The molecular weight excluding hydrogens is 743 g/mol. The zero-order valence-corrected chi connectivity index (χ0v) is 40.4. The Kier molecular flexibility index (Phi) is 47.0. The van der Waals surface area contributed by atoms with E-state index in [1.807, 2.05) is 0 Å². The molecule has 0 rings (SSSR count). The van der Waals surface area contributed by atoms with Crippen LogP contribution in [0, 0.1) is 0 Å². The van der Waals surface area contributed by atoms with Gasteiger partial charge < -0.3 is 20.3 Å². The van der Waals surface area contributed by atoms with Crippen LogP contribution < -0.4 is 5.32 Å². The maximum Gasteiger partial charge on any atom is 0.306 e. The fraction of sp³-hybridized carbons (Fsp3) is 0.889. The predicted molar refractivity (Wildman–Crippen MR) is 260 cm³/mol. The van der Waals surface area contributed by atoms with E-state index in [0.717, 1.165) is 70.6 Å². The third kappa shape index (κ3) is 43.0. The highest BCUT2D eigenvalue weighted by atomic mass is 16.5. The fourth-order valence-corrected chi connectivity index (χ4v) is 8.25. The number of ether oxygens (including phenoxy) is 1. The number of amides is 1. The topological polar surface area (TPSA) is 95.9 Å². The van der Waals surface area contributed by atoms with Gasteiger partial charge >= 0.3 is 5.97 Å². The number of hydrogen-bond donors (Lipinski definition) is 3. The van der Waals surface area contributed by atoms with Crippen LogP contribution >= 0.6 is 0 Å². The number of rotatable bonds is 48. The second-order valence-electron chi connectivity index (χ2n) is 18.3. The third-order valence-electron chi connectivity index (χ3n) is 12.3. The number of aliphatic hydroxyl groups is 2. The second-order valence-corrected chi connectivity index (χ2v) is 18.3. The molecule has 6 nitrogen and oxygen atoms in total. The van der Waals surface area contributed by atoms with Gasteiger partial charge in [-0.15, -0.1) is 0 Å². The Morgan fingerprint density at radius 1 is 0.483 bits per heavy atom. The number of carbonyl (C=O) groups excluding carboxylic acids is 2. The Morgan fingerprint density at radius 2 is 0.833 bits per heavy atom. The van der Waals surface area contributed by atoms with Gasteiger partial charge in [0.05, 0.1) is 25.2 Å². The van der Waals surface area contributed by atoms with Gasteiger partial charge in [0, 0.05) is 6.42 Å². The minimum Gasteiger partial charge on any atom is -0.462 e. The van der Waals surface area contributed by atoms with E-state index in [1.54, 1.807) is 0 Å². The van der Waals surface area contributed by atoms with Crippen LogP contribution in [-0.2, 0) is 14.3 Å². The van der Waals surface area contributed by atoms with E-state index in [2.05, 4.69) is 50.4 Å². The molecule has 3 atom stereocenters. The molecule has 3 unspecified atom stereocenters. The molecule has 6 heteroatoms. The molecule has 0 saturated carbocycles. The van der Waals surface area contributed by atoms with Crippen molar-refractivity contribution >= 4 is 11.9 Å². The van der Waals surface area contributed by atoms with E-state index >= 15 is 0 Å². The molecule has 0 spiro atoms. The molecule has 1 amide bonds. The van der Waals surface area contributed by atoms with E-state index in [-0.39, 0.29) is 24.9 Å². The Bertz CT molecular complexity index is 950. The normalized spacial score (nSPS) is 13.3. The molecule has 60 heavy (non-hydrogen) atoms. The summed E-state index contributed by atoms with van der Waals surface area (Å²) in [6.45, 7) is 6.49. The molecule has 3 N–H and O–H groups in total. The standard InChI is InChI=1S/C54H103NO5/c1-4-7-10-13-16-19-22-25-26-27-29-30-33-36-39-42-45-50(60-54(59)47-44-41-38-35-32-28-23-20-17-14-11-8-5-2)48-53(58)55-51(49-56)52(57)46-43-40-37-34-31-24-21-18-15-12-9-6-3/h26-27,29-30,50-52,56-57H,4-25,28,31-49H2,1-3H3,(H,55,58)/b27-26+,30-29+. The summed E-state index contributed by atoms with van der Waals surface area (Å²) in [5.41, 5.74) is 0. The molecule has 0 heterocycles. The van der Waals surface area contributed by atoms with Crippen LogP contribution in [0.5, 0.6) is 0 Å². The Balaban J connectivity index is 4.61. The number of nitrogens with one attached hydrogen (secondary N) is 1. The molecule has 0 fully saturated rings. The summed E-state index contributed by atoms with van der Waals surface area (Å²) in [6.07, 6.45) is 55.2. The van der Waals surface area contributed by atoms with Gasteiger partial charge in [0.1, 0.15) is 6.10 Å². The van der Waals surface area contributed by atoms with Gasteiger partial charge in [0.15, 0.2) is 0 Å². The van der Waals surface area contributed by atoms with Crippen molar-refractivity contribution in [1.29, 1.82) is 0 Å². The van der Waals surface area contributed by atoms with Crippen molar-refractivity contribution in [1.82, 2.24) is 5.32 Å². The molecule has 0 bridgehead atoms. The van der Waals surface area contributed by atoms with Crippen molar-refractivity contribution < 1.29 is 24.5 Å². The molecule has 0 aliphatic rings. The average molecular weight is 846 g/mol. The second kappa shape index (κ2) is 48.4. The maximum absolute atomic E-state index is 13.2. The van der Waals surface area contributed by atoms with Crippen molar-refractivity contribution in [3.8, 4) is 0 Å². The summed E-state index contributed by atoms with van der Waals surface area (Å²) < 4.78 is 5.93. The van der Waals surface area contributed by atoms with Crippen molar-refractivity contribution in [3.05, 3.63) is 24.3 Å². The SMILES string of the molecule is CCCCCCCCC/C=C/C=C/CCCCCC(CC(=O)NC(CO)C(O)CCCCCCCCCCCCCC)OC(=O)CCCCCCCCCCCCCCC. The van der Waals surface area contributed by atoms with Crippen LogP contribution in [0.1, 0.15) is 284 Å². The van der Waals surface area contributed by atoms with E-state index in [9.17, 15) is 19.8 Å². The first kappa shape index (κ1) is 58.3. The molecular formula is C54H103NO5. The first-order valence-electron chi connectivity index (χ1n) is 26.6. The molecule has 0 saturated heterocycles. The summed E-state index contributed by atoms with van der Waals surface area (Å²) >= 11 is 0. The summed E-state index contributed by atoms with van der Waals surface area (Å²) in [7, 11) is 0. The van der Waals surface area contributed by atoms with Crippen LogP contribution in [0.15, 0.2) is 24.3 Å². The van der Waals surface area contributed by atoms with Crippen molar-refractivity contribution in [3.63, 3.8) is 0 Å². The predicted octanol–water partition coefficient (Wildman–Crippen LogP) is 15.9. The summed E-state index contributed by atoms with van der Waals surface area (Å²) in [4.78, 5) is 26.1. The zero-order chi connectivity index (χ0) is 43.8. The maximum atomic E-state index is 13.2. The number of hydrogen-bond acceptors (Lipinski definition) is 5. The zero-order valence-electron chi connectivity index (χ0n) is 40.4. The minimum absolute atomic E-state index is 0.0651. The summed E-state index contributed by atoms with van der Waals surface area (Å²) in [5.74, 6) is -0.486. The van der Waals surface area contributed by atoms with Gasteiger partial charge in [0.25, 0.3) is 0 Å². The number of unbranched alkanes of at least 4 members (excludes halogenated alkanes) is 33. The first-order valence-corrected chi connectivity index (χ1v) is 26.6. The average Bonchev–Trinajstić information content (AvgIpc) is 3.24. The quantitative estimate of drug-likeness (QED) is 0.0322. The number of esters is 1. The smallest absolute Gasteiger partial charge is 0.306 e. The lowest BCUT2D eigenvalue weighted by molar-refractivity contribution is -0.151. The van der Waals surface area contributed by atoms with Gasteiger partial charge in [-0.1, -0.05) is 244 Å². The van der Waals surface area contributed by atoms with Crippen LogP contribution in [0.2, 0.25) is 0 Å². The molecule has 0 aromatic heterocycles. The number of allylic oxidation sites excluding steroid dienone is 4. The van der Waals surface area contributed by atoms with Crippen LogP contribution in [0.25, 0.3) is 0 Å². The monoisotopic (exact) mass is 846 g/mol. The van der Waals surface area contributed by atoms with Gasteiger partial charge in [-0.3, -0.25) is 9.59 Å². The molecule has 0 radical (unpaired) electrons. The Hall–Kier alpha value is -1.66. The van der Waals surface area contributed by atoms with E-state index < -0.39 is 18.2 Å². The van der Waals surface area contributed by atoms with Crippen molar-refractivity contribution in [2.75, 3.05) is 6.61 Å². The molecule has 354 valence electrons. The highest BCUT2D eigenvalue weighted by Gasteiger charge is 2.24. The molecule has 0 aliphatic heterocycles. The summed E-state index contributed by atoms with van der Waals surface area (Å²) in [5, 5.41) is 23.8. The Morgan fingerprint density at radius 3 is 1.25 bits per heavy atom. The van der Waals surface area contributed by atoms with Crippen molar-refractivity contribution in [2.45, 2.75) is 302 Å². The van der Waals surface area contributed by atoms with Crippen molar-refractivity contribution in [2.24, 2.45) is 0 Å². The molecule has 0 aromatic rings. The van der Waals surface area contributed by atoms with Gasteiger partial charge in [0.2, 0.25) is 5.91 Å².